The van der Waals surface area contributed by atoms with Crippen molar-refractivity contribution in [2.75, 3.05) is 7.11 Å². The first-order valence-electron chi connectivity index (χ1n) is 5.05. The largest absolute Gasteiger partial charge is 0.574 e. The molecule has 0 bridgehead atoms. The van der Waals surface area contributed by atoms with Gasteiger partial charge >= 0.3 is 12.3 Å². The number of nitrogens with zero attached hydrogens (tertiary/aromatic N) is 1. The summed E-state index contributed by atoms with van der Waals surface area (Å²) in [4.78, 5) is 14.5. The van der Waals surface area contributed by atoms with E-state index < -0.39 is 47.9 Å². The fourth-order valence-corrected chi connectivity index (χ4v) is 1.45. The first-order valence-corrected chi connectivity index (χ1v) is 5.05. The molecule has 0 saturated carbocycles. The summed E-state index contributed by atoms with van der Waals surface area (Å²) in [5.41, 5.74) is 3.06. The van der Waals surface area contributed by atoms with Gasteiger partial charge < -0.3 is 15.2 Å². The maximum Gasteiger partial charge on any atom is 0.574 e. The van der Waals surface area contributed by atoms with Crippen molar-refractivity contribution in [1.29, 1.82) is 0 Å². The second kappa shape index (κ2) is 5.99. The lowest BCUT2D eigenvalue weighted by molar-refractivity contribution is -0.276. The van der Waals surface area contributed by atoms with Crippen molar-refractivity contribution < 1.29 is 36.2 Å². The molecule has 20 heavy (non-hydrogen) atoms. The average molecular weight is 300 g/mol. The van der Waals surface area contributed by atoms with Crippen LogP contribution in [0.15, 0.2) is 6.20 Å². The summed E-state index contributed by atoms with van der Waals surface area (Å²) < 4.78 is 69.8. The zero-order chi connectivity index (χ0) is 15.5. The molecule has 0 fully saturated rings. The number of carbonyl (C=O) groups excluding carboxylic acids is 1. The van der Waals surface area contributed by atoms with Gasteiger partial charge in [0.2, 0.25) is 5.88 Å². The number of halogens is 5. The monoisotopic (exact) mass is 300 g/mol. The predicted molar refractivity (Wildman–Crippen MR) is 55.1 cm³/mol. The zero-order valence-corrected chi connectivity index (χ0v) is 10.0. The maximum atomic E-state index is 12.7. The van der Waals surface area contributed by atoms with Crippen LogP contribution in [-0.4, -0.2) is 24.4 Å². The van der Waals surface area contributed by atoms with E-state index in [1.165, 1.54) is 0 Å². The standard InChI is InChI=1S/C10H9F5N2O3/c1-19-9(18)6-4(2-16)5(7(11)12)3-17-8(6)20-10(13,14)15/h3,7H,2,16H2,1H3. The van der Waals surface area contributed by atoms with E-state index in [0.29, 0.717) is 6.20 Å². The molecule has 1 rings (SSSR count). The molecular formula is C10H9F5N2O3. The van der Waals surface area contributed by atoms with Gasteiger partial charge in [0.15, 0.2) is 0 Å². The lowest BCUT2D eigenvalue weighted by Crippen LogP contribution is -2.22. The van der Waals surface area contributed by atoms with E-state index in [0.717, 1.165) is 7.11 Å². The number of methoxy groups -OCH3 is 1. The summed E-state index contributed by atoms with van der Waals surface area (Å²) in [7, 11) is 0.870. The molecule has 1 aromatic rings. The molecule has 0 amide bonds. The van der Waals surface area contributed by atoms with Gasteiger partial charge in [-0.05, 0) is 5.56 Å². The van der Waals surface area contributed by atoms with Crippen molar-refractivity contribution in [1.82, 2.24) is 4.98 Å². The number of aromatic nitrogens is 1. The van der Waals surface area contributed by atoms with Crippen molar-refractivity contribution in [3.8, 4) is 5.88 Å². The number of hydrogen-bond donors (Lipinski definition) is 1. The lowest BCUT2D eigenvalue weighted by atomic mass is 10.0. The molecule has 0 aliphatic rings. The van der Waals surface area contributed by atoms with Crippen LogP contribution in [0.1, 0.15) is 27.9 Å². The highest BCUT2D eigenvalue weighted by Crippen LogP contribution is 2.32. The molecule has 0 aliphatic heterocycles. The van der Waals surface area contributed by atoms with Gasteiger partial charge in [0, 0.05) is 18.3 Å². The van der Waals surface area contributed by atoms with Crippen molar-refractivity contribution in [3.63, 3.8) is 0 Å². The molecule has 10 heteroatoms. The highest BCUT2D eigenvalue weighted by Gasteiger charge is 2.36. The minimum absolute atomic E-state index is 0.473. The Hall–Kier alpha value is -1.97. The van der Waals surface area contributed by atoms with Crippen molar-refractivity contribution >= 4 is 5.97 Å². The number of alkyl halides is 5. The minimum atomic E-state index is -5.14. The normalized spacial score (nSPS) is 11.6. The van der Waals surface area contributed by atoms with Crippen LogP contribution >= 0.6 is 0 Å². The van der Waals surface area contributed by atoms with Crippen molar-refractivity contribution in [2.45, 2.75) is 19.3 Å². The van der Waals surface area contributed by atoms with E-state index in [1.807, 2.05) is 0 Å². The first kappa shape index (κ1) is 16.1. The molecule has 0 aliphatic carbocycles. The second-order valence-electron chi connectivity index (χ2n) is 3.42. The minimum Gasteiger partial charge on any atom is -0.465 e. The molecule has 2 N–H and O–H groups in total. The van der Waals surface area contributed by atoms with Gasteiger partial charge in [-0.3, -0.25) is 0 Å². The van der Waals surface area contributed by atoms with Gasteiger partial charge in [-0.15, -0.1) is 13.2 Å². The Labute approximate surface area is 109 Å². The number of hydrogen-bond acceptors (Lipinski definition) is 5. The Morgan fingerprint density at radius 3 is 2.45 bits per heavy atom. The molecular weight excluding hydrogens is 291 g/mol. The predicted octanol–water partition coefficient (Wildman–Crippen LogP) is 2.16. The number of rotatable bonds is 4. The third-order valence-corrected chi connectivity index (χ3v) is 2.23. The lowest BCUT2D eigenvalue weighted by Gasteiger charge is -2.16. The van der Waals surface area contributed by atoms with E-state index in [1.54, 1.807) is 0 Å². The highest BCUT2D eigenvalue weighted by molar-refractivity contribution is 5.93. The number of esters is 1. The third kappa shape index (κ3) is 3.53. The summed E-state index contributed by atoms with van der Waals surface area (Å²) in [6.45, 7) is -0.610. The molecule has 0 saturated heterocycles. The van der Waals surface area contributed by atoms with E-state index >= 15 is 0 Å². The summed E-state index contributed by atoms with van der Waals surface area (Å²) in [5.74, 6) is -2.49. The number of carbonyl (C=O) groups is 1. The zero-order valence-electron chi connectivity index (χ0n) is 10.0. The summed E-state index contributed by atoms with van der Waals surface area (Å²) in [6, 6.07) is 0. The number of nitrogens with two attached hydrogens (primary N) is 1. The average Bonchev–Trinajstić information content (AvgIpc) is 2.34. The molecule has 112 valence electrons. The summed E-state index contributed by atoms with van der Waals surface area (Å²) >= 11 is 0. The summed E-state index contributed by atoms with van der Waals surface area (Å²) in [6.07, 6.45) is -7.74. The van der Waals surface area contributed by atoms with Gasteiger partial charge in [0.25, 0.3) is 6.43 Å². The SMILES string of the molecule is COC(=O)c1c(OC(F)(F)F)ncc(C(F)F)c1CN. The van der Waals surface area contributed by atoms with Gasteiger partial charge in [-0.1, -0.05) is 0 Å². The number of pyridine rings is 1. The van der Waals surface area contributed by atoms with Crippen LogP contribution in [0.4, 0.5) is 22.0 Å². The Morgan fingerprint density at radius 2 is 2.05 bits per heavy atom. The fraction of sp³-hybridized carbons (Fsp3) is 0.400. The molecule has 0 aromatic carbocycles. The van der Waals surface area contributed by atoms with Gasteiger partial charge in [0.05, 0.1) is 7.11 Å². The molecule has 0 radical (unpaired) electrons. The Bertz CT molecular complexity index is 504. The van der Waals surface area contributed by atoms with Crippen LogP contribution in [0.25, 0.3) is 0 Å². The van der Waals surface area contributed by atoms with Crippen molar-refractivity contribution in [2.24, 2.45) is 5.73 Å². The Kier molecular flexibility index (Phi) is 4.82. The van der Waals surface area contributed by atoms with E-state index in [4.69, 9.17) is 5.73 Å². The third-order valence-electron chi connectivity index (χ3n) is 2.23. The quantitative estimate of drug-likeness (QED) is 0.681. The second-order valence-corrected chi connectivity index (χ2v) is 3.42. The summed E-state index contributed by atoms with van der Waals surface area (Å²) in [5, 5.41) is 0. The Balaban J connectivity index is 3.49. The molecule has 1 heterocycles. The maximum absolute atomic E-state index is 12.7. The topological polar surface area (TPSA) is 74.4 Å². The molecule has 1 aromatic heterocycles. The van der Waals surface area contributed by atoms with E-state index in [9.17, 15) is 26.7 Å². The molecule has 0 unspecified atom stereocenters. The smallest absolute Gasteiger partial charge is 0.465 e. The van der Waals surface area contributed by atoms with Crippen LogP contribution in [0, 0.1) is 0 Å². The van der Waals surface area contributed by atoms with Crippen LogP contribution in [0.2, 0.25) is 0 Å². The molecule has 5 nitrogen and oxygen atoms in total. The van der Waals surface area contributed by atoms with Crippen LogP contribution < -0.4 is 10.5 Å². The highest BCUT2D eigenvalue weighted by atomic mass is 19.4. The van der Waals surface area contributed by atoms with Crippen LogP contribution in [0.3, 0.4) is 0 Å². The molecule has 0 spiro atoms. The first-order chi connectivity index (χ1) is 9.21. The van der Waals surface area contributed by atoms with Gasteiger partial charge in [-0.25, -0.2) is 18.6 Å². The van der Waals surface area contributed by atoms with Gasteiger partial charge in [0.1, 0.15) is 5.56 Å². The van der Waals surface area contributed by atoms with Crippen molar-refractivity contribution in [3.05, 3.63) is 22.9 Å². The fourth-order valence-electron chi connectivity index (χ4n) is 1.45. The van der Waals surface area contributed by atoms with E-state index in [2.05, 4.69) is 14.5 Å². The Morgan fingerprint density at radius 1 is 1.45 bits per heavy atom. The van der Waals surface area contributed by atoms with Crippen LogP contribution in [0.5, 0.6) is 5.88 Å². The van der Waals surface area contributed by atoms with E-state index in [-0.39, 0.29) is 0 Å². The molecule has 0 atom stereocenters. The van der Waals surface area contributed by atoms with Gasteiger partial charge in [-0.2, -0.15) is 0 Å². The number of ether oxygens (including phenoxy) is 2. The van der Waals surface area contributed by atoms with Crippen LogP contribution in [-0.2, 0) is 11.3 Å².